The topological polar surface area (TPSA) is 77.8 Å². The molecule has 0 aliphatic heterocycles. The molecule has 1 aromatic carbocycles. The largest absolute Gasteiger partial charge is 0.504 e. The van der Waals surface area contributed by atoms with Gasteiger partial charge in [-0.1, -0.05) is 39.3 Å². The smallest absolute Gasteiger partial charge is 0.309 e. The Balaban J connectivity index is 1.63. The maximum absolute atomic E-state index is 12.3. The van der Waals surface area contributed by atoms with Gasteiger partial charge in [-0.25, -0.2) is 0 Å². The first-order valence-corrected chi connectivity index (χ1v) is 12.7. The number of carboxylic acid groups (broad SMARTS) is 1. The Kier molecular flexibility index (Phi) is 4.55. The highest BCUT2D eigenvalue weighted by Crippen LogP contribution is 2.74. The molecule has 3 fully saturated rings. The number of phenolic OH excluding ortho intramolecular Hbond substituents is 2. The molecule has 0 amide bonds. The van der Waals surface area contributed by atoms with Crippen molar-refractivity contribution in [1.82, 2.24) is 0 Å². The minimum atomic E-state index is -0.641. The number of aliphatic carboxylic acids is 1. The van der Waals surface area contributed by atoms with E-state index in [1.165, 1.54) is 11.1 Å². The van der Waals surface area contributed by atoms with Crippen molar-refractivity contribution in [3.8, 4) is 11.5 Å². The fraction of sp³-hybridized carbons (Fsp3) is 0.690. The van der Waals surface area contributed by atoms with Crippen molar-refractivity contribution >= 4 is 5.97 Å². The Bertz CT molecular complexity index is 1090. The number of allylic oxidation sites excluding steroid dienone is 2. The van der Waals surface area contributed by atoms with Gasteiger partial charge in [-0.2, -0.15) is 0 Å². The molecule has 1 aromatic rings. The van der Waals surface area contributed by atoms with E-state index in [4.69, 9.17) is 0 Å². The lowest BCUT2D eigenvalue weighted by Crippen LogP contribution is -2.62. The Morgan fingerprint density at radius 1 is 0.970 bits per heavy atom. The van der Waals surface area contributed by atoms with E-state index in [1.54, 1.807) is 0 Å². The second-order valence-corrected chi connectivity index (χ2v) is 13.1. The van der Waals surface area contributed by atoms with E-state index in [-0.39, 0.29) is 33.2 Å². The summed E-state index contributed by atoms with van der Waals surface area (Å²) in [7, 11) is 0. The molecule has 5 rings (SSSR count). The third kappa shape index (κ3) is 2.67. The van der Waals surface area contributed by atoms with Crippen LogP contribution in [0.2, 0.25) is 0 Å². The van der Waals surface area contributed by atoms with Gasteiger partial charge in [0.05, 0.1) is 5.41 Å². The molecule has 33 heavy (non-hydrogen) atoms. The highest BCUT2D eigenvalue weighted by molar-refractivity contribution is 5.74. The molecule has 4 heteroatoms. The first-order chi connectivity index (χ1) is 15.2. The van der Waals surface area contributed by atoms with Gasteiger partial charge in [0, 0.05) is 5.41 Å². The van der Waals surface area contributed by atoms with Crippen LogP contribution in [0.5, 0.6) is 11.5 Å². The summed E-state index contributed by atoms with van der Waals surface area (Å²) in [5.74, 6) is -0.282. The van der Waals surface area contributed by atoms with Gasteiger partial charge in [0.2, 0.25) is 0 Å². The number of hydrogen-bond acceptors (Lipinski definition) is 3. The zero-order valence-electron chi connectivity index (χ0n) is 21.1. The van der Waals surface area contributed by atoms with E-state index in [2.05, 4.69) is 33.8 Å². The summed E-state index contributed by atoms with van der Waals surface area (Å²) in [6.45, 7) is 13.5. The number of fused-ring (bicyclic) bond motifs is 7. The molecule has 0 spiro atoms. The van der Waals surface area contributed by atoms with Crippen LogP contribution in [0.15, 0.2) is 17.7 Å². The van der Waals surface area contributed by atoms with Gasteiger partial charge in [-0.05, 0) is 110 Å². The van der Waals surface area contributed by atoms with Crippen molar-refractivity contribution < 1.29 is 20.1 Å². The summed E-state index contributed by atoms with van der Waals surface area (Å²) in [5, 5.41) is 30.9. The molecule has 0 radical (unpaired) electrons. The Labute approximate surface area is 198 Å². The van der Waals surface area contributed by atoms with Crippen LogP contribution in [0.3, 0.4) is 0 Å². The Morgan fingerprint density at radius 3 is 2.30 bits per heavy atom. The molecule has 0 bridgehead atoms. The molecule has 0 saturated heterocycles. The van der Waals surface area contributed by atoms with Crippen molar-refractivity contribution in [3.05, 3.63) is 34.4 Å². The quantitative estimate of drug-likeness (QED) is 0.329. The number of hydrogen-bond donors (Lipinski definition) is 3. The molecular formula is C29H40O4. The standard InChI is InChI=1S/C29H40O4/c1-17-18-7-8-21-27(4,19(18)15-20(30)23(17)31)12-14-29(6)22-16-26(3,24(32)33)10-9-25(22,2)11-13-28(21,29)5/h8,15,22,30-31H,7,9-14,16H2,1-6H3,(H,32,33)/t22-,25-,26-,27+,28-,29+/m1/s1. The molecule has 180 valence electrons. The number of phenols is 2. The van der Waals surface area contributed by atoms with Gasteiger partial charge in [0.15, 0.2) is 11.5 Å². The van der Waals surface area contributed by atoms with E-state index >= 15 is 0 Å². The van der Waals surface area contributed by atoms with Crippen molar-refractivity contribution in [3.63, 3.8) is 0 Å². The summed E-state index contributed by atoms with van der Waals surface area (Å²) in [5.41, 5.74) is 4.00. The number of carboxylic acids is 1. The summed E-state index contributed by atoms with van der Waals surface area (Å²) in [6, 6.07) is 1.81. The van der Waals surface area contributed by atoms with E-state index in [1.807, 2.05) is 19.9 Å². The number of benzene rings is 1. The van der Waals surface area contributed by atoms with Crippen molar-refractivity contribution in [2.75, 3.05) is 0 Å². The summed E-state index contributed by atoms with van der Waals surface area (Å²) in [4.78, 5) is 12.3. The van der Waals surface area contributed by atoms with Crippen LogP contribution in [0.25, 0.3) is 0 Å². The monoisotopic (exact) mass is 452 g/mol. The first kappa shape index (κ1) is 22.8. The third-order valence-electron chi connectivity index (χ3n) is 11.6. The van der Waals surface area contributed by atoms with Crippen LogP contribution in [-0.4, -0.2) is 21.3 Å². The summed E-state index contributed by atoms with van der Waals surface area (Å²) >= 11 is 0. The highest BCUT2D eigenvalue weighted by atomic mass is 16.4. The van der Waals surface area contributed by atoms with Crippen molar-refractivity contribution in [2.45, 2.75) is 98.3 Å². The summed E-state index contributed by atoms with van der Waals surface area (Å²) < 4.78 is 0. The van der Waals surface area contributed by atoms with Gasteiger partial charge in [-0.3, -0.25) is 4.79 Å². The maximum Gasteiger partial charge on any atom is 0.309 e. The Hall–Kier alpha value is -1.97. The molecule has 0 aromatic heterocycles. The van der Waals surface area contributed by atoms with Gasteiger partial charge in [0.1, 0.15) is 0 Å². The van der Waals surface area contributed by atoms with Crippen LogP contribution in [0.4, 0.5) is 0 Å². The van der Waals surface area contributed by atoms with E-state index in [0.29, 0.717) is 5.92 Å². The minimum absolute atomic E-state index is 0.00431. The second kappa shape index (κ2) is 6.58. The average Bonchev–Trinajstić information content (AvgIpc) is 2.75. The predicted molar refractivity (Wildman–Crippen MR) is 130 cm³/mol. The van der Waals surface area contributed by atoms with Gasteiger partial charge in [0.25, 0.3) is 0 Å². The number of aromatic hydroxyl groups is 2. The average molecular weight is 453 g/mol. The van der Waals surface area contributed by atoms with E-state index in [0.717, 1.165) is 62.5 Å². The molecule has 0 heterocycles. The molecule has 4 aliphatic carbocycles. The van der Waals surface area contributed by atoms with Crippen LogP contribution >= 0.6 is 0 Å². The predicted octanol–water partition coefficient (Wildman–Crippen LogP) is 6.64. The fourth-order valence-electron chi connectivity index (χ4n) is 8.89. The molecule has 3 N–H and O–H groups in total. The molecule has 4 aliphatic rings. The zero-order chi connectivity index (χ0) is 24.2. The third-order valence-corrected chi connectivity index (χ3v) is 11.6. The molecule has 0 unspecified atom stereocenters. The lowest BCUT2D eigenvalue weighted by Gasteiger charge is -2.69. The van der Waals surface area contributed by atoms with Crippen LogP contribution in [0, 0.1) is 34.5 Å². The fourth-order valence-corrected chi connectivity index (χ4v) is 8.89. The van der Waals surface area contributed by atoms with Crippen LogP contribution in [-0.2, 0) is 16.6 Å². The van der Waals surface area contributed by atoms with Gasteiger partial charge >= 0.3 is 5.97 Å². The maximum atomic E-state index is 12.3. The van der Waals surface area contributed by atoms with Gasteiger partial charge < -0.3 is 15.3 Å². The lowest BCUT2D eigenvalue weighted by atomic mass is 9.34. The molecule has 3 saturated carbocycles. The molecule has 4 nitrogen and oxygen atoms in total. The lowest BCUT2D eigenvalue weighted by molar-refractivity contribution is -0.177. The van der Waals surface area contributed by atoms with E-state index < -0.39 is 11.4 Å². The van der Waals surface area contributed by atoms with Crippen molar-refractivity contribution in [1.29, 1.82) is 0 Å². The van der Waals surface area contributed by atoms with E-state index in [9.17, 15) is 20.1 Å². The van der Waals surface area contributed by atoms with Crippen molar-refractivity contribution in [2.24, 2.45) is 27.6 Å². The minimum Gasteiger partial charge on any atom is -0.504 e. The molecular weight excluding hydrogens is 412 g/mol. The number of carbonyl (C=O) groups is 1. The number of rotatable bonds is 1. The highest BCUT2D eigenvalue weighted by Gasteiger charge is 2.67. The van der Waals surface area contributed by atoms with Crippen LogP contribution in [0.1, 0.15) is 96.3 Å². The summed E-state index contributed by atoms with van der Waals surface area (Å²) in [6.07, 6.45) is 10.0. The first-order valence-electron chi connectivity index (χ1n) is 12.7. The SMILES string of the molecule is Cc1c(O)c(O)cc2c1CC=C1[C@@]2(C)CC[C@@]2(C)[C@@H]3C[C@](C)(C(=O)O)CC[C@]3(C)CC[C@]12C. The molecule has 6 atom stereocenters. The normalized spacial score (nSPS) is 44.1. The van der Waals surface area contributed by atoms with Crippen LogP contribution < -0.4 is 0 Å². The Morgan fingerprint density at radius 2 is 1.64 bits per heavy atom. The zero-order valence-corrected chi connectivity index (χ0v) is 21.1. The van der Waals surface area contributed by atoms with Gasteiger partial charge in [-0.15, -0.1) is 0 Å². The second-order valence-electron chi connectivity index (χ2n) is 13.1.